The van der Waals surface area contributed by atoms with E-state index in [0.29, 0.717) is 0 Å². The van der Waals surface area contributed by atoms with E-state index < -0.39 is 11.8 Å². The zero-order valence-electron chi connectivity index (χ0n) is 7.94. The van der Waals surface area contributed by atoms with Gasteiger partial charge in [0.2, 0.25) is 0 Å². The summed E-state index contributed by atoms with van der Waals surface area (Å²) in [6.07, 6.45) is 0. The van der Waals surface area contributed by atoms with Crippen LogP contribution >= 0.6 is 0 Å². The number of carboxylic acids is 1. The quantitative estimate of drug-likeness (QED) is 0.718. The van der Waals surface area contributed by atoms with Crippen LogP contribution in [0, 0.1) is 5.82 Å². The first-order valence-corrected chi connectivity index (χ1v) is 4.35. The molecule has 0 aliphatic heterocycles. The second-order valence-electron chi connectivity index (χ2n) is 2.89. The molecule has 0 aliphatic rings. The molecule has 0 heterocycles. The van der Waals surface area contributed by atoms with E-state index in [2.05, 4.69) is 0 Å². The third-order valence-electron chi connectivity index (χ3n) is 1.79. The van der Waals surface area contributed by atoms with Crippen LogP contribution in [0.3, 0.4) is 0 Å². The van der Waals surface area contributed by atoms with E-state index in [1.807, 2.05) is 0 Å². The molecule has 0 atom stereocenters. The van der Waals surface area contributed by atoms with E-state index in [1.54, 1.807) is 0 Å². The van der Waals surface area contributed by atoms with Gasteiger partial charge in [-0.15, -0.1) is 0 Å². The Morgan fingerprint density at radius 2 is 2.20 bits per heavy atom. The maximum atomic E-state index is 13.1. The van der Waals surface area contributed by atoms with Gasteiger partial charge in [-0.1, -0.05) is 0 Å². The van der Waals surface area contributed by atoms with Crippen LogP contribution in [0.5, 0.6) is 0 Å². The van der Waals surface area contributed by atoms with Gasteiger partial charge in [-0.2, -0.15) is 0 Å². The number of aromatic carboxylic acids is 1. The van der Waals surface area contributed by atoms with Crippen LogP contribution in [0.15, 0.2) is 18.2 Å². The molecule has 0 aromatic heterocycles. The van der Waals surface area contributed by atoms with Crippen LogP contribution in [0.2, 0.25) is 0 Å². The molecule has 0 amide bonds. The van der Waals surface area contributed by atoms with Gasteiger partial charge in [0, 0.05) is 5.56 Å². The average Bonchev–Trinajstić information content (AvgIpc) is 2.20. The number of ether oxygens (including phenoxy) is 1. The predicted molar refractivity (Wildman–Crippen MR) is 50.1 cm³/mol. The van der Waals surface area contributed by atoms with E-state index in [1.165, 1.54) is 12.1 Å². The van der Waals surface area contributed by atoms with Gasteiger partial charge >= 0.3 is 5.97 Å². The van der Waals surface area contributed by atoms with Crippen LogP contribution < -0.4 is 0 Å². The molecule has 4 nitrogen and oxygen atoms in total. The minimum absolute atomic E-state index is 0.0130. The molecular weight excluding hydrogens is 203 g/mol. The highest BCUT2D eigenvalue weighted by Gasteiger charge is 2.08. The molecule has 0 unspecified atom stereocenters. The normalized spacial score (nSPS) is 10.3. The molecule has 0 aliphatic carbocycles. The topological polar surface area (TPSA) is 66.8 Å². The van der Waals surface area contributed by atoms with Crippen molar-refractivity contribution in [2.75, 3.05) is 13.2 Å². The number of carboxylic acid groups (broad SMARTS) is 1. The van der Waals surface area contributed by atoms with Crippen molar-refractivity contribution in [1.82, 2.24) is 0 Å². The monoisotopic (exact) mass is 214 g/mol. The van der Waals surface area contributed by atoms with Crippen molar-refractivity contribution in [2.24, 2.45) is 0 Å². The number of rotatable bonds is 5. The highest BCUT2D eigenvalue weighted by molar-refractivity contribution is 5.87. The zero-order chi connectivity index (χ0) is 11.3. The second kappa shape index (κ2) is 5.43. The maximum absolute atomic E-state index is 13.1. The number of hydrogen-bond acceptors (Lipinski definition) is 3. The average molecular weight is 214 g/mol. The molecule has 0 spiro atoms. The lowest BCUT2D eigenvalue weighted by Gasteiger charge is -2.05. The van der Waals surface area contributed by atoms with E-state index in [4.69, 9.17) is 14.9 Å². The summed E-state index contributed by atoms with van der Waals surface area (Å²) in [6.45, 7) is -0.107. The Hall–Kier alpha value is -1.46. The van der Waals surface area contributed by atoms with Gasteiger partial charge in [-0.25, -0.2) is 9.18 Å². The number of benzene rings is 1. The van der Waals surface area contributed by atoms with E-state index in [-0.39, 0.29) is 30.9 Å². The Morgan fingerprint density at radius 3 is 2.80 bits per heavy atom. The first-order valence-electron chi connectivity index (χ1n) is 4.35. The van der Waals surface area contributed by atoms with Gasteiger partial charge in [0.1, 0.15) is 5.82 Å². The summed E-state index contributed by atoms with van der Waals surface area (Å²) in [5.41, 5.74) is 0.183. The second-order valence-corrected chi connectivity index (χ2v) is 2.89. The third kappa shape index (κ3) is 3.30. The molecule has 1 rings (SSSR count). The van der Waals surface area contributed by atoms with Crippen molar-refractivity contribution in [2.45, 2.75) is 6.61 Å². The lowest BCUT2D eigenvalue weighted by Crippen LogP contribution is -2.03. The predicted octanol–water partition coefficient (Wildman–Crippen LogP) is 1.03. The van der Waals surface area contributed by atoms with Crippen LogP contribution in [-0.4, -0.2) is 29.4 Å². The fourth-order valence-electron chi connectivity index (χ4n) is 1.07. The van der Waals surface area contributed by atoms with Crippen molar-refractivity contribution in [3.05, 3.63) is 35.1 Å². The molecule has 1 aromatic rings. The Bertz CT molecular complexity index is 351. The summed E-state index contributed by atoms with van der Waals surface area (Å²) in [7, 11) is 0. The van der Waals surface area contributed by atoms with Crippen molar-refractivity contribution in [3.63, 3.8) is 0 Å². The van der Waals surface area contributed by atoms with Crippen molar-refractivity contribution < 1.29 is 24.1 Å². The molecule has 82 valence electrons. The molecule has 0 saturated heterocycles. The van der Waals surface area contributed by atoms with Crippen molar-refractivity contribution in [3.8, 4) is 0 Å². The summed E-state index contributed by atoms with van der Waals surface area (Å²) in [6, 6.07) is 3.49. The van der Waals surface area contributed by atoms with Crippen LogP contribution in [-0.2, 0) is 11.3 Å². The molecule has 0 radical (unpaired) electrons. The molecular formula is C10H11FO4. The molecule has 5 heteroatoms. The minimum atomic E-state index is -1.11. The highest BCUT2D eigenvalue weighted by Crippen LogP contribution is 2.11. The summed E-state index contributed by atoms with van der Waals surface area (Å²) in [5.74, 6) is -1.63. The first kappa shape index (κ1) is 11.6. The van der Waals surface area contributed by atoms with E-state index >= 15 is 0 Å². The smallest absolute Gasteiger partial charge is 0.335 e. The van der Waals surface area contributed by atoms with Crippen LogP contribution in [0.1, 0.15) is 15.9 Å². The minimum Gasteiger partial charge on any atom is -0.478 e. The lowest BCUT2D eigenvalue weighted by molar-refractivity contribution is 0.0693. The Labute approximate surface area is 85.9 Å². The van der Waals surface area contributed by atoms with Crippen molar-refractivity contribution in [1.29, 1.82) is 0 Å². The highest BCUT2D eigenvalue weighted by atomic mass is 19.1. The number of halogens is 1. The van der Waals surface area contributed by atoms with Crippen LogP contribution in [0.4, 0.5) is 4.39 Å². The Morgan fingerprint density at radius 1 is 1.47 bits per heavy atom. The molecule has 0 fully saturated rings. The summed E-state index contributed by atoms with van der Waals surface area (Å²) >= 11 is 0. The Kier molecular flexibility index (Phi) is 4.20. The fraction of sp³-hybridized carbons (Fsp3) is 0.300. The molecule has 15 heavy (non-hydrogen) atoms. The standard InChI is InChI=1S/C10H11FO4/c11-9-2-1-7(10(13)14)5-8(9)6-15-4-3-12/h1-2,5,12H,3-4,6H2,(H,13,14). The zero-order valence-corrected chi connectivity index (χ0v) is 7.94. The van der Waals surface area contributed by atoms with Crippen molar-refractivity contribution >= 4 is 5.97 Å². The summed E-state index contributed by atoms with van der Waals surface area (Å²) < 4.78 is 18.0. The summed E-state index contributed by atoms with van der Waals surface area (Å²) in [4.78, 5) is 10.6. The maximum Gasteiger partial charge on any atom is 0.335 e. The van der Waals surface area contributed by atoms with Gasteiger partial charge < -0.3 is 14.9 Å². The number of hydrogen-bond donors (Lipinski definition) is 2. The van der Waals surface area contributed by atoms with Gasteiger partial charge in [-0.3, -0.25) is 0 Å². The third-order valence-corrected chi connectivity index (χ3v) is 1.79. The first-order chi connectivity index (χ1) is 7.15. The van der Waals surface area contributed by atoms with Gasteiger partial charge in [0.25, 0.3) is 0 Å². The summed E-state index contributed by atoms with van der Waals surface area (Å²) in [5, 5.41) is 17.1. The molecule has 0 saturated carbocycles. The molecule has 1 aromatic carbocycles. The van der Waals surface area contributed by atoms with Gasteiger partial charge in [0.15, 0.2) is 0 Å². The van der Waals surface area contributed by atoms with Gasteiger partial charge in [0.05, 0.1) is 25.4 Å². The molecule has 0 bridgehead atoms. The number of aliphatic hydroxyl groups excluding tert-OH is 1. The largest absolute Gasteiger partial charge is 0.478 e. The number of aliphatic hydroxyl groups is 1. The fourth-order valence-corrected chi connectivity index (χ4v) is 1.07. The van der Waals surface area contributed by atoms with E-state index in [9.17, 15) is 9.18 Å². The number of carbonyl (C=O) groups is 1. The Balaban J connectivity index is 2.76. The van der Waals surface area contributed by atoms with Gasteiger partial charge in [-0.05, 0) is 18.2 Å². The lowest BCUT2D eigenvalue weighted by atomic mass is 10.1. The molecule has 2 N–H and O–H groups in total. The SMILES string of the molecule is O=C(O)c1ccc(F)c(COCCO)c1. The van der Waals surface area contributed by atoms with Crippen LogP contribution in [0.25, 0.3) is 0 Å². The van der Waals surface area contributed by atoms with E-state index in [0.717, 1.165) is 6.07 Å².